The zero-order valence-corrected chi connectivity index (χ0v) is 24.9. The number of ether oxygens (including phenoxy) is 2. The number of nitrogens with one attached hydrogen (secondary N) is 4. The molecular weight excluding hydrogens is 540 g/mol. The summed E-state index contributed by atoms with van der Waals surface area (Å²) >= 11 is 0. The number of carbonyl (C=O) groups is 5. The molecule has 0 saturated heterocycles. The second-order valence-corrected chi connectivity index (χ2v) is 11.2. The van der Waals surface area contributed by atoms with Crippen molar-refractivity contribution in [3.63, 3.8) is 0 Å². The molecule has 0 aliphatic carbocycles. The number of rotatable bonds is 14. The van der Waals surface area contributed by atoms with E-state index in [0.29, 0.717) is 6.42 Å². The Morgan fingerprint density at radius 2 is 1.33 bits per heavy atom. The van der Waals surface area contributed by atoms with Crippen LogP contribution < -0.4 is 21.3 Å². The van der Waals surface area contributed by atoms with Crippen LogP contribution in [-0.4, -0.2) is 60.6 Å². The lowest BCUT2D eigenvalue weighted by atomic mass is 10.0. The first-order valence-corrected chi connectivity index (χ1v) is 13.9. The van der Waals surface area contributed by atoms with Gasteiger partial charge in [0, 0.05) is 6.42 Å². The minimum atomic E-state index is -1.04. The number of esters is 1. The monoisotopic (exact) mass is 582 g/mol. The summed E-state index contributed by atoms with van der Waals surface area (Å²) in [7, 11) is 0. The molecule has 228 valence electrons. The molecule has 4 N–H and O–H groups in total. The van der Waals surface area contributed by atoms with E-state index < -0.39 is 54.0 Å². The quantitative estimate of drug-likeness (QED) is 0.250. The molecule has 0 aliphatic rings. The number of amides is 4. The molecule has 42 heavy (non-hydrogen) atoms. The normalized spacial score (nSPS) is 12.4. The van der Waals surface area contributed by atoms with E-state index in [-0.39, 0.29) is 25.5 Å². The summed E-state index contributed by atoms with van der Waals surface area (Å²) in [6.07, 6.45) is -0.326. The van der Waals surface area contributed by atoms with Gasteiger partial charge in [-0.3, -0.25) is 19.2 Å². The number of hydrogen-bond acceptors (Lipinski definition) is 7. The van der Waals surface area contributed by atoms with Gasteiger partial charge in [-0.05, 0) is 44.2 Å². The van der Waals surface area contributed by atoms with Crippen molar-refractivity contribution in [2.45, 2.75) is 71.8 Å². The molecule has 11 heteroatoms. The van der Waals surface area contributed by atoms with Gasteiger partial charge in [-0.25, -0.2) is 4.79 Å². The van der Waals surface area contributed by atoms with Gasteiger partial charge in [-0.1, -0.05) is 74.5 Å². The average Bonchev–Trinajstić information content (AvgIpc) is 2.93. The van der Waals surface area contributed by atoms with Crippen LogP contribution in [0, 0.1) is 5.92 Å². The summed E-state index contributed by atoms with van der Waals surface area (Å²) in [5.41, 5.74) is 0.861. The Morgan fingerprint density at radius 1 is 0.738 bits per heavy atom. The van der Waals surface area contributed by atoms with Crippen LogP contribution in [0.4, 0.5) is 4.79 Å². The molecule has 2 aromatic carbocycles. The highest BCUT2D eigenvalue weighted by molar-refractivity contribution is 5.93. The molecule has 0 heterocycles. The molecule has 0 bridgehead atoms. The van der Waals surface area contributed by atoms with Gasteiger partial charge in [-0.15, -0.1) is 0 Å². The summed E-state index contributed by atoms with van der Waals surface area (Å²) in [6, 6.07) is 16.2. The maximum atomic E-state index is 13.4. The molecule has 0 saturated carbocycles. The second kappa shape index (κ2) is 16.8. The third kappa shape index (κ3) is 13.8. The zero-order valence-electron chi connectivity index (χ0n) is 24.9. The van der Waals surface area contributed by atoms with Crippen molar-refractivity contribution < 1.29 is 33.4 Å². The molecule has 4 amide bonds. The van der Waals surface area contributed by atoms with Crippen LogP contribution in [-0.2, 0) is 41.7 Å². The van der Waals surface area contributed by atoms with E-state index in [2.05, 4.69) is 21.3 Å². The molecule has 0 aliphatic heterocycles. The molecule has 0 aromatic heterocycles. The first kappa shape index (κ1) is 33.8. The van der Waals surface area contributed by atoms with Crippen molar-refractivity contribution in [3.8, 4) is 0 Å². The van der Waals surface area contributed by atoms with Crippen LogP contribution in [0.3, 0.4) is 0 Å². The van der Waals surface area contributed by atoms with Crippen molar-refractivity contribution in [1.82, 2.24) is 21.3 Å². The highest BCUT2D eigenvalue weighted by Crippen LogP contribution is 2.09. The topological polar surface area (TPSA) is 152 Å². The summed E-state index contributed by atoms with van der Waals surface area (Å²) < 4.78 is 10.4. The average molecular weight is 583 g/mol. The number of benzene rings is 2. The van der Waals surface area contributed by atoms with Crippen LogP contribution in [0.25, 0.3) is 0 Å². The van der Waals surface area contributed by atoms with Gasteiger partial charge in [0.1, 0.15) is 37.4 Å². The minimum absolute atomic E-state index is 0.0336. The molecular formula is C31H42N4O7. The third-order valence-electron chi connectivity index (χ3n) is 5.72. The minimum Gasteiger partial charge on any atom is -0.460 e. The maximum absolute atomic E-state index is 13.4. The number of alkyl carbamates (subject to hydrolysis) is 1. The van der Waals surface area contributed by atoms with Crippen LogP contribution in [0.1, 0.15) is 52.2 Å². The highest BCUT2D eigenvalue weighted by atomic mass is 16.6. The maximum Gasteiger partial charge on any atom is 0.408 e. The van der Waals surface area contributed by atoms with Crippen molar-refractivity contribution >= 4 is 29.8 Å². The van der Waals surface area contributed by atoms with Gasteiger partial charge in [0.2, 0.25) is 17.7 Å². The Hall–Kier alpha value is -4.41. The van der Waals surface area contributed by atoms with Crippen molar-refractivity contribution in [3.05, 3.63) is 71.8 Å². The molecule has 2 aromatic rings. The van der Waals surface area contributed by atoms with Crippen LogP contribution in [0.15, 0.2) is 60.7 Å². The van der Waals surface area contributed by atoms with Gasteiger partial charge < -0.3 is 30.7 Å². The third-order valence-corrected chi connectivity index (χ3v) is 5.72. The van der Waals surface area contributed by atoms with Gasteiger partial charge in [0.05, 0.1) is 0 Å². The second-order valence-electron chi connectivity index (χ2n) is 11.2. The molecule has 2 unspecified atom stereocenters. The van der Waals surface area contributed by atoms with E-state index in [1.807, 2.05) is 74.5 Å². The summed E-state index contributed by atoms with van der Waals surface area (Å²) in [6.45, 7) is 8.19. The van der Waals surface area contributed by atoms with Crippen molar-refractivity contribution in [1.29, 1.82) is 0 Å². The molecule has 0 radical (unpaired) electrons. The largest absolute Gasteiger partial charge is 0.460 e. The summed E-state index contributed by atoms with van der Waals surface area (Å²) in [4.78, 5) is 63.2. The van der Waals surface area contributed by atoms with E-state index in [1.165, 1.54) is 0 Å². The first-order valence-electron chi connectivity index (χ1n) is 13.9. The lowest BCUT2D eigenvalue weighted by molar-refractivity contribution is -0.145. The standard InChI is InChI=1S/C31H42N4O7/c1-21(2)16-24(28(38)32-19-27(37)41-20-23-14-10-7-11-15-23)35-29(39)25(17-22-12-8-6-9-13-22)34-26(36)18-33-30(40)42-31(3,4)5/h6-15,21,24-25H,16-20H2,1-5H3,(H,32,38)(H,33,40)(H,34,36)(H,35,39). The smallest absolute Gasteiger partial charge is 0.408 e. The Balaban J connectivity index is 2.03. The van der Waals surface area contributed by atoms with Crippen molar-refractivity contribution in [2.75, 3.05) is 13.1 Å². The fourth-order valence-corrected chi connectivity index (χ4v) is 3.82. The van der Waals surface area contributed by atoms with E-state index in [0.717, 1.165) is 11.1 Å². The van der Waals surface area contributed by atoms with E-state index in [1.54, 1.807) is 20.8 Å². The van der Waals surface area contributed by atoms with Gasteiger partial charge >= 0.3 is 12.1 Å². The molecule has 0 fully saturated rings. The predicted octanol–water partition coefficient (Wildman–Crippen LogP) is 2.63. The SMILES string of the molecule is CC(C)CC(NC(=O)C(Cc1ccccc1)NC(=O)CNC(=O)OC(C)(C)C)C(=O)NCC(=O)OCc1ccccc1. The summed E-state index contributed by atoms with van der Waals surface area (Å²) in [5.74, 6) is -2.33. The number of carbonyl (C=O) groups excluding carboxylic acids is 5. The Kier molecular flexibility index (Phi) is 13.5. The molecule has 2 rings (SSSR count). The van der Waals surface area contributed by atoms with E-state index >= 15 is 0 Å². The Labute approximate surface area is 247 Å². The fraction of sp³-hybridized carbons (Fsp3) is 0.452. The molecule has 11 nitrogen and oxygen atoms in total. The first-order chi connectivity index (χ1) is 19.8. The lowest BCUT2D eigenvalue weighted by Crippen LogP contribution is -2.56. The highest BCUT2D eigenvalue weighted by Gasteiger charge is 2.28. The van der Waals surface area contributed by atoms with Crippen LogP contribution in [0.2, 0.25) is 0 Å². The Bertz CT molecular complexity index is 1180. The van der Waals surface area contributed by atoms with Crippen LogP contribution in [0.5, 0.6) is 0 Å². The zero-order chi connectivity index (χ0) is 31.1. The molecule has 2 atom stereocenters. The van der Waals surface area contributed by atoms with Crippen molar-refractivity contribution in [2.24, 2.45) is 5.92 Å². The Morgan fingerprint density at radius 3 is 1.90 bits per heavy atom. The fourth-order valence-electron chi connectivity index (χ4n) is 3.82. The van der Waals surface area contributed by atoms with Gasteiger partial charge in [-0.2, -0.15) is 0 Å². The number of hydrogen-bond donors (Lipinski definition) is 4. The van der Waals surface area contributed by atoms with Crippen LogP contribution >= 0.6 is 0 Å². The predicted molar refractivity (Wildman–Crippen MR) is 157 cm³/mol. The van der Waals surface area contributed by atoms with E-state index in [9.17, 15) is 24.0 Å². The van der Waals surface area contributed by atoms with E-state index in [4.69, 9.17) is 9.47 Å². The summed E-state index contributed by atoms with van der Waals surface area (Å²) in [5, 5.41) is 10.3. The van der Waals surface area contributed by atoms with Gasteiger partial charge in [0.15, 0.2) is 0 Å². The lowest BCUT2D eigenvalue weighted by Gasteiger charge is -2.24. The van der Waals surface area contributed by atoms with Gasteiger partial charge in [0.25, 0.3) is 0 Å². The molecule has 0 spiro atoms.